The van der Waals surface area contributed by atoms with Gasteiger partial charge in [0.15, 0.2) is 5.13 Å². The maximum atomic E-state index is 5.94. The molecule has 3 aromatic rings. The summed E-state index contributed by atoms with van der Waals surface area (Å²) in [6, 6.07) is 14.6. The van der Waals surface area contributed by atoms with Crippen molar-refractivity contribution in [2.45, 2.75) is 19.4 Å². The molecule has 0 spiro atoms. The molecule has 1 N–H and O–H groups in total. The van der Waals surface area contributed by atoms with Gasteiger partial charge >= 0.3 is 0 Å². The number of fused-ring (bicyclic) bond motifs is 2. The van der Waals surface area contributed by atoms with Crippen LogP contribution in [-0.4, -0.2) is 17.6 Å². The van der Waals surface area contributed by atoms with E-state index in [1.807, 2.05) is 12.1 Å². The number of aryl methyl sites for hydroxylation is 1. The highest BCUT2D eigenvalue weighted by atomic mass is 32.1. The van der Waals surface area contributed by atoms with Crippen molar-refractivity contribution in [3.8, 4) is 5.75 Å². The molecule has 4 heteroatoms. The summed E-state index contributed by atoms with van der Waals surface area (Å²) in [6.07, 6.45) is 1.16. The molecule has 1 aliphatic rings. The minimum Gasteiger partial charge on any atom is -0.488 e. The summed E-state index contributed by atoms with van der Waals surface area (Å²) in [5.74, 6) is 1.02. The van der Waals surface area contributed by atoms with Gasteiger partial charge in [-0.15, -0.1) is 0 Å². The fourth-order valence-corrected chi connectivity index (χ4v) is 3.68. The van der Waals surface area contributed by atoms with Gasteiger partial charge in [-0.25, -0.2) is 4.98 Å². The molecule has 0 fully saturated rings. The van der Waals surface area contributed by atoms with E-state index >= 15 is 0 Å². The van der Waals surface area contributed by atoms with Gasteiger partial charge in [0.25, 0.3) is 0 Å². The van der Waals surface area contributed by atoms with Crippen LogP contribution in [0.5, 0.6) is 5.75 Å². The predicted octanol–water partition coefficient (Wildman–Crippen LogP) is 4.02. The minimum atomic E-state index is 0.190. The van der Waals surface area contributed by atoms with Gasteiger partial charge in [-0.3, -0.25) is 0 Å². The number of nitrogens with one attached hydrogen (secondary N) is 1. The van der Waals surface area contributed by atoms with Gasteiger partial charge in [0, 0.05) is 6.42 Å². The second-order valence-electron chi connectivity index (χ2n) is 5.37. The van der Waals surface area contributed by atoms with Crippen LogP contribution in [0, 0.1) is 6.92 Å². The maximum absolute atomic E-state index is 5.94. The summed E-state index contributed by atoms with van der Waals surface area (Å²) < 4.78 is 7.17. The van der Waals surface area contributed by atoms with E-state index in [9.17, 15) is 0 Å². The van der Waals surface area contributed by atoms with Crippen LogP contribution >= 0.6 is 11.3 Å². The molecule has 1 aliphatic heterocycles. The van der Waals surface area contributed by atoms with Crippen LogP contribution in [0.4, 0.5) is 5.13 Å². The molecule has 0 bridgehead atoms. The van der Waals surface area contributed by atoms with Gasteiger partial charge in [-0.05, 0) is 30.2 Å². The number of thiazole rings is 1. The third-order valence-corrected chi connectivity index (χ3v) is 4.79. The average molecular weight is 296 g/mol. The van der Waals surface area contributed by atoms with Crippen molar-refractivity contribution in [2.24, 2.45) is 0 Å². The number of hydrogen-bond donors (Lipinski definition) is 1. The third-order valence-electron chi connectivity index (χ3n) is 3.82. The number of ether oxygens (including phenoxy) is 1. The monoisotopic (exact) mass is 296 g/mol. The lowest BCUT2D eigenvalue weighted by atomic mass is 10.1. The molecule has 0 aliphatic carbocycles. The van der Waals surface area contributed by atoms with Gasteiger partial charge in [0.05, 0.1) is 16.8 Å². The molecule has 0 radical (unpaired) electrons. The van der Waals surface area contributed by atoms with Crippen molar-refractivity contribution < 1.29 is 4.74 Å². The fourth-order valence-electron chi connectivity index (χ4n) is 2.73. The topological polar surface area (TPSA) is 34.1 Å². The number of nitrogens with zero attached hydrogens (tertiary/aromatic N) is 1. The predicted molar refractivity (Wildman–Crippen MR) is 87.4 cm³/mol. The van der Waals surface area contributed by atoms with Crippen LogP contribution in [-0.2, 0) is 6.42 Å². The third kappa shape index (κ3) is 2.36. The summed E-state index contributed by atoms with van der Waals surface area (Å²) >= 11 is 1.70. The Morgan fingerprint density at radius 3 is 3.00 bits per heavy atom. The molecule has 0 saturated carbocycles. The van der Waals surface area contributed by atoms with Crippen LogP contribution in [0.25, 0.3) is 10.2 Å². The zero-order valence-electron chi connectivity index (χ0n) is 11.8. The standard InChI is InChI=1S/C17H16N2OS/c1-11-5-4-8-15-16(11)19-17(21-15)18-10-13-9-12-6-2-3-7-14(12)20-13/h2-8,13H,9-10H2,1H3,(H,18,19). The molecule has 1 unspecified atom stereocenters. The van der Waals surface area contributed by atoms with E-state index in [4.69, 9.17) is 4.74 Å². The SMILES string of the molecule is Cc1cccc2sc(NCC3Cc4ccccc4O3)nc12. The summed E-state index contributed by atoms with van der Waals surface area (Å²) in [4.78, 5) is 4.67. The van der Waals surface area contributed by atoms with Crippen LogP contribution in [0.2, 0.25) is 0 Å². The number of para-hydroxylation sites is 2. The highest BCUT2D eigenvalue weighted by molar-refractivity contribution is 7.22. The van der Waals surface area contributed by atoms with E-state index in [0.29, 0.717) is 0 Å². The normalized spacial score (nSPS) is 16.7. The molecule has 2 heterocycles. The zero-order chi connectivity index (χ0) is 14.2. The van der Waals surface area contributed by atoms with E-state index in [2.05, 4.69) is 47.6 Å². The van der Waals surface area contributed by atoms with Crippen molar-refractivity contribution in [1.82, 2.24) is 4.98 Å². The van der Waals surface area contributed by atoms with Crippen LogP contribution in [0.1, 0.15) is 11.1 Å². The lowest BCUT2D eigenvalue weighted by Gasteiger charge is -2.10. The molecule has 4 rings (SSSR count). The van der Waals surface area contributed by atoms with Crippen molar-refractivity contribution >= 4 is 26.7 Å². The van der Waals surface area contributed by atoms with Crippen LogP contribution < -0.4 is 10.1 Å². The summed E-state index contributed by atoms with van der Waals surface area (Å²) in [5, 5.41) is 4.39. The Morgan fingerprint density at radius 1 is 1.24 bits per heavy atom. The lowest BCUT2D eigenvalue weighted by molar-refractivity contribution is 0.246. The summed E-state index contributed by atoms with van der Waals surface area (Å²) in [5.41, 5.74) is 3.62. The Balaban J connectivity index is 1.46. The van der Waals surface area contributed by atoms with Gasteiger partial charge < -0.3 is 10.1 Å². The smallest absolute Gasteiger partial charge is 0.183 e. The Kier molecular flexibility index (Phi) is 3.04. The second-order valence-corrected chi connectivity index (χ2v) is 6.40. The fraction of sp³-hybridized carbons (Fsp3) is 0.235. The number of hydrogen-bond acceptors (Lipinski definition) is 4. The Morgan fingerprint density at radius 2 is 2.14 bits per heavy atom. The van der Waals surface area contributed by atoms with Crippen molar-refractivity contribution in [1.29, 1.82) is 0 Å². The van der Waals surface area contributed by atoms with Gasteiger partial charge in [-0.2, -0.15) is 0 Å². The first kappa shape index (κ1) is 12.7. The first-order valence-electron chi connectivity index (χ1n) is 7.14. The second kappa shape index (κ2) is 5.04. The maximum Gasteiger partial charge on any atom is 0.183 e. The Hall–Kier alpha value is -2.07. The van der Waals surface area contributed by atoms with E-state index in [1.165, 1.54) is 15.8 Å². The van der Waals surface area contributed by atoms with E-state index in [1.54, 1.807) is 11.3 Å². The number of anilines is 1. The first-order chi connectivity index (χ1) is 10.3. The first-order valence-corrected chi connectivity index (χ1v) is 7.96. The molecular weight excluding hydrogens is 280 g/mol. The minimum absolute atomic E-state index is 0.190. The molecule has 21 heavy (non-hydrogen) atoms. The Labute approximate surface area is 127 Å². The molecule has 0 amide bonds. The molecular formula is C17H16N2OS. The highest BCUT2D eigenvalue weighted by Gasteiger charge is 2.22. The molecule has 3 nitrogen and oxygen atoms in total. The zero-order valence-corrected chi connectivity index (χ0v) is 12.6. The number of rotatable bonds is 3. The van der Waals surface area contributed by atoms with E-state index in [-0.39, 0.29) is 6.10 Å². The van der Waals surface area contributed by atoms with Crippen molar-refractivity contribution in [3.05, 3.63) is 53.6 Å². The largest absolute Gasteiger partial charge is 0.488 e. The highest BCUT2D eigenvalue weighted by Crippen LogP contribution is 2.30. The molecule has 1 atom stereocenters. The molecule has 1 aromatic heterocycles. The van der Waals surface area contributed by atoms with Crippen LogP contribution in [0.3, 0.4) is 0 Å². The van der Waals surface area contributed by atoms with Gasteiger partial charge in [0.1, 0.15) is 11.9 Å². The number of benzene rings is 2. The van der Waals surface area contributed by atoms with Gasteiger partial charge in [-0.1, -0.05) is 41.7 Å². The van der Waals surface area contributed by atoms with E-state index in [0.717, 1.165) is 29.4 Å². The summed E-state index contributed by atoms with van der Waals surface area (Å²) in [7, 11) is 0. The Bertz CT molecular complexity index is 771. The molecule has 106 valence electrons. The van der Waals surface area contributed by atoms with Crippen LogP contribution in [0.15, 0.2) is 42.5 Å². The lowest BCUT2D eigenvalue weighted by Crippen LogP contribution is -2.23. The van der Waals surface area contributed by atoms with Crippen molar-refractivity contribution in [3.63, 3.8) is 0 Å². The molecule has 2 aromatic carbocycles. The summed E-state index contributed by atoms with van der Waals surface area (Å²) in [6.45, 7) is 2.89. The van der Waals surface area contributed by atoms with Crippen molar-refractivity contribution in [2.75, 3.05) is 11.9 Å². The number of aromatic nitrogens is 1. The average Bonchev–Trinajstić information content (AvgIpc) is 3.09. The molecule has 0 saturated heterocycles. The van der Waals surface area contributed by atoms with E-state index < -0.39 is 0 Å². The quantitative estimate of drug-likeness (QED) is 0.792. The van der Waals surface area contributed by atoms with Gasteiger partial charge in [0.2, 0.25) is 0 Å².